The van der Waals surface area contributed by atoms with E-state index in [0.29, 0.717) is 11.9 Å². The van der Waals surface area contributed by atoms with Gasteiger partial charge in [0.25, 0.3) is 0 Å². The van der Waals surface area contributed by atoms with Crippen LogP contribution in [-0.4, -0.2) is 15.5 Å². The lowest BCUT2D eigenvalue weighted by atomic mass is 9.85. The van der Waals surface area contributed by atoms with Crippen LogP contribution in [0, 0.1) is 0 Å². The van der Waals surface area contributed by atoms with Crippen molar-refractivity contribution in [3.05, 3.63) is 77.5 Å². The number of rotatable bonds is 4. The van der Waals surface area contributed by atoms with Gasteiger partial charge in [-0.05, 0) is 56.4 Å². The van der Waals surface area contributed by atoms with E-state index in [1.807, 2.05) is 30.3 Å². The fraction of sp³-hybridized carbons (Fsp3) is 0.333. The Morgan fingerprint density at radius 2 is 1.64 bits per heavy atom. The molecule has 4 heteroatoms. The normalized spacial score (nSPS) is 17.9. The summed E-state index contributed by atoms with van der Waals surface area (Å²) in [4.78, 5) is 12.2. The molecule has 5 rings (SSSR count). The third-order valence-electron chi connectivity index (χ3n) is 5.84. The van der Waals surface area contributed by atoms with Crippen LogP contribution in [0.3, 0.4) is 0 Å². The van der Waals surface area contributed by atoms with Crippen LogP contribution < -0.4 is 10.2 Å². The van der Waals surface area contributed by atoms with Crippen molar-refractivity contribution in [2.24, 2.45) is 0 Å². The molecule has 4 nitrogen and oxygen atoms in total. The van der Waals surface area contributed by atoms with E-state index in [2.05, 4.69) is 54.4 Å². The van der Waals surface area contributed by atoms with Gasteiger partial charge >= 0.3 is 0 Å². The Balaban J connectivity index is 1.53. The molecule has 0 amide bonds. The number of aromatic nitrogens is 2. The highest BCUT2D eigenvalue weighted by atomic mass is 15.3. The summed E-state index contributed by atoms with van der Waals surface area (Å²) in [5.41, 5.74) is 5.03. The average Bonchev–Trinajstić information content (AvgIpc) is 3.53. The minimum absolute atomic E-state index is 0.00748. The van der Waals surface area contributed by atoms with E-state index >= 15 is 0 Å². The van der Waals surface area contributed by atoms with Gasteiger partial charge in [0.1, 0.15) is 5.82 Å². The molecule has 0 saturated heterocycles. The van der Waals surface area contributed by atoms with Crippen molar-refractivity contribution in [1.82, 2.24) is 9.97 Å². The largest absolute Gasteiger partial charge is 0.347 e. The molecule has 1 N–H and O–H groups in total. The first-order chi connectivity index (χ1) is 13.6. The van der Waals surface area contributed by atoms with Gasteiger partial charge in [0, 0.05) is 29.8 Å². The van der Waals surface area contributed by atoms with Crippen molar-refractivity contribution in [1.29, 1.82) is 0 Å². The molecule has 1 aromatic heterocycles. The van der Waals surface area contributed by atoms with Crippen molar-refractivity contribution in [2.45, 2.75) is 51.1 Å². The first kappa shape index (κ1) is 17.2. The summed E-state index contributed by atoms with van der Waals surface area (Å²) in [5, 5.41) is 3.40. The molecule has 2 aliphatic rings. The number of anilines is 3. The minimum Gasteiger partial charge on any atom is -0.347 e. The Bertz CT molecular complexity index is 992. The Hall–Kier alpha value is -2.88. The fourth-order valence-electron chi connectivity index (χ4n) is 4.11. The first-order valence-electron chi connectivity index (χ1n) is 10.1. The number of nitrogens with one attached hydrogen (secondary N) is 1. The second-order valence-electron chi connectivity index (χ2n) is 8.58. The number of benzene rings is 2. The zero-order valence-electron chi connectivity index (χ0n) is 16.5. The van der Waals surface area contributed by atoms with Crippen LogP contribution in [0.1, 0.15) is 49.4 Å². The molecule has 1 aliphatic carbocycles. The summed E-state index contributed by atoms with van der Waals surface area (Å²) in [6.07, 6.45) is 3.48. The van der Waals surface area contributed by atoms with Gasteiger partial charge in [-0.25, -0.2) is 4.98 Å². The third kappa shape index (κ3) is 3.35. The molecule has 0 radical (unpaired) electrons. The first-order valence-corrected chi connectivity index (χ1v) is 10.1. The van der Waals surface area contributed by atoms with Crippen LogP contribution in [0.2, 0.25) is 0 Å². The third-order valence-corrected chi connectivity index (χ3v) is 5.84. The maximum absolute atomic E-state index is 4.93. The second kappa shape index (κ2) is 6.62. The fourth-order valence-corrected chi connectivity index (χ4v) is 4.11. The molecule has 3 aromatic rings. The lowest BCUT2D eigenvalue weighted by Gasteiger charge is -2.44. The molecular formula is C24H26N4. The van der Waals surface area contributed by atoms with E-state index in [4.69, 9.17) is 9.97 Å². The topological polar surface area (TPSA) is 41.1 Å². The predicted octanol–water partition coefficient (Wildman–Crippen LogP) is 5.44. The lowest BCUT2D eigenvalue weighted by molar-refractivity contribution is 0.427. The van der Waals surface area contributed by atoms with Crippen LogP contribution >= 0.6 is 0 Å². The highest BCUT2D eigenvalue weighted by molar-refractivity contribution is 5.57. The van der Waals surface area contributed by atoms with Crippen molar-refractivity contribution in [3.63, 3.8) is 0 Å². The SMILES string of the molecule is CC1(C)Cc2ccccc2CN1c1cc(C2CC2)nc(Nc2ccccc2)n1. The van der Waals surface area contributed by atoms with Crippen LogP contribution in [0.25, 0.3) is 0 Å². The van der Waals surface area contributed by atoms with Crippen molar-refractivity contribution >= 4 is 17.5 Å². The molecule has 0 bridgehead atoms. The van der Waals surface area contributed by atoms with E-state index < -0.39 is 0 Å². The summed E-state index contributed by atoms with van der Waals surface area (Å²) in [7, 11) is 0. The van der Waals surface area contributed by atoms with E-state index in [1.54, 1.807) is 0 Å². The highest BCUT2D eigenvalue weighted by Gasteiger charge is 2.35. The maximum Gasteiger partial charge on any atom is 0.229 e. The molecule has 1 saturated carbocycles. The zero-order chi connectivity index (χ0) is 19.1. The van der Waals surface area contributed by atoms with E-state index in [9.17, 15) is 0 Å². The number of para-hydroxylation sites is 1. The number of hydrogen-bond acceptors (Lipinski definition) is 4. The number of nitrogens with zero attached hydrogens (tertiary/aromatic N) is 3. The minimum atomic E-state index is 0.00748. The molecular weight excluding hydrogens is 344 g/mol. The maximum atomic E-state index is 4.93. The Labute approximate surface area is 166 Å². The van der Waals surface area contributed by atoms with Gasteiger partial charge < -0.3 is 10.2 Å². The molecule has 0 spiro atoms. The van der Waals surface area contributed by atoms with Gasteiger partial charge in [0.15, 0.2) is 0 Å². The van der Waals surface area contributed by atoms with Crippen molar-refractivity contribution in [2.75, 3.05) is 10.2 Å². The molecule has 142 valence electrons. The zero-order valence-corrected chi connectivity index (χ0v) is 16.5. The molecule has 1 aliphatic heterocycles. The Morgan fingerprint density at radius 3 is 2.39 bits per heavy atom. The van der Waals surface area contributed by atoms with Gasteiger partial charge in [-0.1, -0.05) is 42.5 Å². The highest BCUT2D eigenvalue weighted by Crippen LogP contribution is 2.42. The molecule has 2 heterocycles. The molecule has 1 fully saturated rings. The van der Waals surface area contributed by atoms with Crippen molar-refractivity contribution in [3.8, 4) is 0 Å². The van der Waals surface area contributed by atoms with Crippen LogP contribution in [0.5, 0.6) is 0 Å². The summed E-state index contributed by atoms with van der Waals surface area (Å²) in [5.74, 6) is 2.30. The summed E-state index contributed by atoms with van der Waals surface area (Å²) < 4.78 is 0. The predicted molar refractivity (Wildman–Crippen MR) is 114 cm³/mol. The Kier molecular flexibility index (Phi) is 4.08. The van der Waals surface area contributed by atoms with Crippen LogP contribution in [0.4, 0.5) is 17.5 Å². The van der Waals surface area contributed by atoms with E-state index in [0.717, 1.165) is 30.2 Å². The van der Waals surface area contributed by atoms with Crippen LogP contribution in [0.15, 0.2) is 60.7 Å². The van der Waals surface area contributed by atoms with Crippen molar-refractivity contribution < 1.29 is 0 Å². The molecule has 28 heavy (non-hydrogen) atoms. The standard InChI is InChI=1S/C24H26N4/c1-24(2)15-18-8-6-7-9-19(18)16-28(24)22-14-21(17-12-13-17)26-23(27-22)25-20-10-4-3-5-11-20/h3-11,14,17H,12-13,15-16H2,1-2H3,(H,25,26,27). The van der Waals surface area contributed by atoms with Gasteiger partial charge in [0.05, 0.1) is 5.69 Å². The number of fused-ring (bicyclic) bond motifs is 1. The smallest absolute Gasteiger partial charge is 0.229 e. The van der Waals surface area contributed by atoms with Gasteiger partial charge in [0.2, 0.25) is 5.95 Å². The molecule has 2 aromatic carbocycles. The summed E-state index contributed by atoms with van der Waals surface area (Å²) >= 11 is 0. The average molecular weight is 370 g/mol. The lowest BCUT2D eigenvalue weighted by Crippen LogP contribution is -2.49. The summed E-state index contributed by atoms with van der Waals surface area (Å²) in [6.45, 7) is 5.51. The molecule has 0 unspecified atom stereocenters. The monoisotopic (exact) mass is 370 g/mol. The van der Waals surface area contributed by atoms with E-state index in [1.165, 1.54) is 24.0 Å². The number of hydrogen-bond donors (Lipinski definition) is 1. The van der Waals surface area contributed by atoms with Gasteiger partial charge in [-0.3, -0.25) is 0 Å². The molecule has 0 atom stereocenters. The summed E-state index contributed by atoms with van der Waals surface area (Å²) in [6, 6.07) is 21.2. The Morgan fingerprint density at radius 1 is 0.929 bits per heavy atom. The van der Waals surface area contributed by atoms with Gasteiger partial charge in [-0.15, -0.1) is 0 Å². The van der Waals surface area contributed by atoms with E-state index in [-0.39, 0.29) is 5.54 Å². The van der Waals surface area contributed by atoms with Gasteiger partial charge in [-0.2, -0.15) is 4.98 Å². The quantitative estimate of drug-likeness (QED) is 0.664. The van der Waals surface area contributed by atoms with Crippen LogP contribution in [-0.2, 0) is 13.0 Å². The second-order valence-corrected chi connectivity index (χ2v) is 8.58.